The Morgan fingerprint density at radius 2 is 2.00 bits per heavy atom. The van der Waals surface area contributed by atoms with Crippen LogP contribution in [-0.4, -0.2) is 47.5 Å². The third-order valence-corrected chi connectivity index (χ3v) is 1.75. The van der Waals surface area contributed by atoms with Gasteiger partial charge >= 0.3 is 0 Å². The topological polar surface area (TPSA) is 43.7 Å². The normalized spacial score (nSPS) is 39.0. The Morgan fingerprint density at radius 1 is 1.33 bits per heavy atom. The molecule has 0 aliphatic carbocycles. The van der Waals surface area contributed by atoms with Gasteiger partial charge in [0.1, 0.15) is 0 Å². The maximum Gasteiger partial charge on any atom is 0.0925 e. The maximum atomic E-state index is 9.06. The first-order valence-electron chi connectivity index (χ1n) is 3.25. The summed E-state index contributed by atoms with van der Waals surface area (Å²) >= 11 is 0. The lowest BCUT2D eigenvalue weighted by Gasteiger charge is -2.30. The molecule has 1 rings (SSSR count). The van der Waals surface area contributed by atoms with Gasteiger partial charge in [0, 0.05) is 13.1 Å². The molecule has 0 amide bonds. The highest BCUT2D eigenvalue weighted by atomic mass is 16.3. The molecule has 3 nitrogen and oxygen atoms in total. The van der Waals surface area contributed by atoms with Crippen LogP contribution < -0.4 is 0 Å². The van der Waals surface area contributed by atoms with Crippen molar-refractivity contribution in [2.75, 3.05) is 20.1 Å². The molecule has 1 saturated heterocycles. The first kappa shape index (κ1) is 6.99. The van der Waals surface area contributed by atoms with Gasteiger partial charge in [0.15, 0.2) is 0 Å². The van der Waals surface area contributed by atoms with Gasteiger partial charge in [0.2, 0.25) is 0 Å². The zero-order chi connectivity index (χ0) is 6.85. The lowest BCUT2D eigenvalue weighted by atomic mass is 10.1. The van der Waals surface area contributed by atoms with Crippen molar-refractivity contribution in [2.24, 2.45) is 0 Å². The molecular weight excluding hydrogens is 118 g/mol. The molecule has 9 heavy (non-hydrogen) atoms. The van der Waals surface area contributed by atoms with E-state index in [4.69, 9.17) is 10.2 Å². The molecule has 0 radical (unpaired) electrons. The van der Waals surface area contributed by atoms with Crippen LogP contribution in [0.5, 0.6) is 0 Å². The molecule has 54 valence electrons. The molecule has 0 saturated carbocycles. The first-order chi connectivity index (χ1) is 4.20. The highest BCUT2D eigenvalue weighted by molar-refractivity contribution is 4.76. The number of rotatable bonds is 0. The third kappa shape index (κ3) is 1.64. The van der Waals surface area contributed by atoms with Gasteiger partial charge in [-0.2, -0.15) is 0 Å². The fourth-order valence-electron chi connectivity index (χ4n) is 1.08. The predicted molar refractivity (Wildman–Crippen MR) is 34.1 cm³/mol. The minimum atomic E-state index is -0.538. The molecule has 1 aliphatic rings. The minimum Gasteiger partial charge on any atom is -0.390 e. The molecule has 2 N–H and O–H groups in total. The van der Waals surface area contributed by atoms with Crippen molar-refractivity contribution >= 4 is 0 Å². The van der Waals surface area contributed by atoms with E-state index in [1.165, 1.54) is 0 Å². The first-order valence-corrected chi connectivity index (χ1v) is 3.25. The van der Waals surface area contributed by atoms with Crippen LogP contribution in [0.25, 0.3) is 0 Å². The van der Waals surface area contributed by atoms with Crippen molar-refractivity contribution < 1.29 is 10.2 Å². The summed E-state index contributed by atoms with van der Waals surface area (Å²) in [6.07, 6.45) is -0.345. The number of nitrogens with zero attached hydrogens (tertiary/aromatic N) is 1. The molecule has 0 aromatic rings. The number of piperidine rings is 1. The Bertz CT molecular complexity index is 97.1. The summed E-state index contributed by atoms with van der Waals surface area (Å²) < 4.78 is 0. The second kappa shape index (κ2) is 2.64. The van der Waals surface area contributed by atoms with E-state index in [-0.39, 0.29) is 0 Å². The van der Waals surface area contributed by atoms with Crippen LogP contribution in [0.4, 0.5) is 0 Å². The molecule has 0 spiro atoms. The van der Waals surface area contributed by atoms with E-state index in [9.17, 15) is 0 Å². The van der Waals surface area contributed by atoms with Crippen LogP contribution >= 0.6 is 0 Å². The Balaban J connectivity index is 2.35. The van der Waals surface area contributed by atoms with Crippen LogP contribution in [0.15, 0.2) is 0 Å². The number of likely N-dealkylation sites (tertiary alicyclic amines) is 1. The Kier molecular flexibility index (Phi) is 2.05. The number of hydrogen-bond acceptors (Lipinski definition) is 3. The van der Waals surface area contributed by atoms with E-state index < -0.39 is 12.2 Å². The van der Waals surface area contributed by atoms with E-state index in [1.807, 2.05) is 11.9 Å². The van der Waals surface area contributed by atoms with Crippen molar-refractivity contribution in [2.45, 2.75) is 18.6 Å². The van der Waals surface area contributed by atoms with Gasteiger partial charge in [0.05, 0.1) is 12.2 Å². The smallest absolute Gasteiger partial charge is 0.0925 e. The summed E-state index contributed by atoms with van der Waals surface area (Å²) in [4.78, 5) is 2.01. The summed E-state index contributed by atoms with van der Waals surface area (Å²) in [6.45, 7) is 1.49. The van der Waals surface area contributed by atoms with Gasteiger partial charge in [-0.05, 0) is 13.5 Å². The van der Waals surface area contributed by atoms with Gasteiger partial charge in [0.25, 0.3) is 0 Å². The van der Waals surface area contributed by atoms with Gasteiger partial charge in [-0.15, -0.1) is 0 Å². The minimum absolute atomic E-state index is 0.499. The van der Waals surface area contributed by atoms with Crippen LogP contribution in [0.2, 0.25) is 0 Å². The molecule has 2 atom stereocenters. The molecule has 1 fully saturated rings. The number of likely N-dealkylation sites (N-methyl/N-ethyl adjacent to an activating group) is 1. The zero-order valence-electron chi connectivity index (χ0n) is 5.62. The van der Waals surface area contributed by atoms with Crippen molar-refractivity contribution in [3.8, 4) is 0 Å². The third-order valence-electron chi connectivity index (χ3n) is 1.75. The van der Waals surface area contributed by atoms with Gasteiger partial charge in [-0.25, -0.2) is 0 Å². The Morgan fingerprint density at radius 3 is 2.44 bits per heavy atom. The van der Waals surface area contributed by atoms with Gasteiger partial charge in [-0.1, -0.05) is 0 Å². The second-order valence-corrected chi connectivity index (χ2v) is 2.69. The molecule has 0 aromatic carbocycles. The van der Waals surface area contributed by atoms with E-state index in [0.717, 1.165) is 6.54 Å². The average molecular weight is 131 g/mol. The van der Waals surface area contributed by atoms with Crippen molar-refractivity contribution in [3.63, 3.8) is 0 Å². The van der Waals surface area contributed by atoms with Crippen LogP contribution in [0.1, 0.15) is 6.42 Å². The van der Waals surface area contributed by atoms with E-state index in [0.29, 0.717) is 13.0 Å². The van der Waals surface area contributed by atoms with Crippen molar-refractivity contribution in [3.05, 3.63) is 0 Å². The predicted octanol–water partition coefficient (Wildman–Crippen LogP) is -0.956. The van der Waals surface area contributed by atoms with E-state index >= 15 is 0 Å². The lowest BCUT2D eigenvalue weighted by molar-refractivity contribution is -0.0318. The largest absolute Gasteiger partial charge is 0.390 e. The molecule has 1 heterocycles. The van der Waals surface area contributed by atoms with Crippen molar-refractivity contribution in [1.29, 1.82) is 0 Å². The molecule has 0 bridgehead atoms. The molecule has 1 aliphatic heterocycles. The number of aliphatic hydroxyl groups excluding tert-OH is 2. The zero-order valence-corrected chi connectivity index (χ0v) is 5.62. The van der Waals surface area contributed by atoms with Crippen LogP contribution in [0.3, 0.4) is 0 Å². The summed E-state index contributed by atoms with van der Waals surface area (Å²) in [5, 5.41) is 18.1. The summed E-state index contributed by atoms with van der Waals surface area (Å²) in [5.74, 6) is 0. The van der Waals surface area contributed by atoms with E-state index in [2.05, 4.69) is 0 Å². The summed E-state index contributed by atoms with van der Waals surface area (Å²) in [6, 6.07) is 0. The van der Waals surface area contributed by atoms with Gasteiger partial charge < -0.3 is 15.1 Å². The highest BCUT2D eigenvalue weighted by Crippen LogP contribution is 2.07. The SMILES string of the molecule is CN1CC[C@@H](O)[C@H](O)C1. The van der Waals surface area contributed by atoms with E-state index in [1.54, 1.807) is 0 Å². The van der Waals surface area contributed by atoms with Crippen LogP contribution in [0, 0.1) is 0 Å². The fraction of sp³-hybridized carbons (Fsp3) is 1.00. The Labute approximate surface area is 54.9 Å². The fourth-order valence-corrected chi connectivity index (χ4v) is 1.08. The van der Waals surface area contributed by atoms with Crippen molar-refractivity contribution in [1.82, 2.24) is 4.90 Å². The van der Waals surface area contributed by atoms with Gasteiger partial charge in [-0.3, -0.25) is 0 Å². The molecule has 3 heteroatoms. The monoisotopic (exact) mass is 131 g/mol. The second-order valence-electron chi connectivity index (χ2n) is 2.69. The molecule has 0 aromatic heterocycles. The summed E-state index contributed by atoms with van der Waals surface area (Å²) in [5.41, 5.74) is 0. The molecular formula is C6H13NO2. The maximum absolute atomic E-state index is 9.06. The lowest BCUT2D eigenvalue weighted by Crippen LogP contribution is -2.44. The number of β-amino-alcohol motifs (C(OH)–C–C–N with tert-alkyl or cyclic N) is 1. The number of aliphatic hydroxyl groups is 2. The highest BCUT2D eigenvalue weighted by Gasteiger charge is 2.22. The number of hydrogen-bond donors (Lipinski definition) is 2. The quantitative estimate of drug-likeness (QED) is 0.445. The average Bonchev–Trinajstić information content (AvgIpc) is 1.80. The standard InChI is InChI=1S/C6H13NO2/c1-7-3-2-5(8)6(9)4-7/h5-6,8-9H,2-4H2,1H3/t5-,6-/m1/s1. The molecule has 0 unspecified atom stereocenters. The summed E-state index contributed by atoms with van der Waals surface area (Å²) in [7, 11) is 1.94. The Hall–Kier alpha value is -0.120. The van der Waals surface area contributed by atoms with Crippen LogP contribution in [-0.2, 0) is 0 Å².